The fourth-order valence-electron chi connectivity index (χ4n) is 2.18. The highest BCUT2D eigenvalue weighted by Gasteiger charge is 2.12. The van der Waals surface area contributed by atoms with Crippen molar-refractivity contribution in [2.45, 2.75) is 13.5 Å². The van der Waals surface area contributed by atoms with E-state index in [1.165, 1.54) is 11.3 Å². The predicted molar refractivity (Wildman–Crippen MR) is 79.1 cm³/mol. The third-order valence-electron chi connectivity index (χ3n) is 3.19. The van der Waals surface area contributed by atoms with Crippen LogP contribution in [-0.2, 0) is 11.3 Å². The van der Waals surface area contributed by atoms with Gasteiger partial charge in [-0.2, -0.15) is 0 Å². The maximum absolute atomic E-state index is 12.4. The van der Waals surface area contributed by atoms with Crippen LogP contribution in [0.1, 0.15) is 5.82 Å². The minimum atomic E-state index is -1.31. The SMILES string of the molecule is Cc1nc2sc(-c3ccccc3)cc2c(=O)n1CC(=O)[O-]. The molecule has 0 bridgehead atoms. The lowest BCUT2D eigenvalue weighted by molar-refractivity contribution is -0.306. The highest BCUT2D eigenvalue weighted by Crippen LogP contribution is 2.30. The Bertz CT molecular complexity index is 881. The van der Waals surface area contributed by atoms with Crippen molar-refractivity contribution >= 4 is 27.5 Å². The Balaban J connectivity index is 2.21. The zero-order valence-electron chi connectivity index (χ0n) is 11.2. The molecular weight excluding hydrogens is 288 g/mol. The molecule has 0 N–H and O–H groups in total. The molecule has 2 aromatic heterocycles. The van der Waals surface area contributed by atoms with E-state index in [0.29, 0.717) is 16.0 Å². The maximum atomic E-state index is 12.4. The van der Waals surface area contributed by atoms with Crippen LogP contribution in [0.15, 0.2) is 41.2 Å². The van der Waals surface area contributed by atoms with Crippen LogP contribution in [0.3, 0.4) is 0 Å². The molecule has 0 atom stereocenters. The molecule has 0 aliphatic rings. The molecule has 3 aromatic rings. The molecule has 21 heavy (non-hydrogen) atoms. The van der Waals surface area contributed by atoms with Crippen molar-refractivity contribution in [1.82, 2.24) is 9.55 Å². The molecule has 2 heterocycles. The van der Waals surface area contributed by atoms with Crippen LogP contribution in [-0.4, -0.2) is 15.5 Å². The van der Waals surface area contributed by atoms with Crippen molar-refractivity contribution < 1.29 is 9.90 Å². The third-order valence-corrected chi connectivity index (χ3v) is 4.27. The molecular formula is C15H11N2O3S-. The summed E-state index contributed by atoms with van der Waals surface area (Å²) in [5.74, 6) is -0.932. The van der Waals surface area contributed by atoms with Gasteiger partial charge >= 0.3 is 0 Å². The highest BCUT2D eigenvalue weighted by atomic mass is 32.1. The zero-order valence-corrected chi connectivity index (χ0v) is 12.0. The van der Waals surface area contributed by atoms with E-state index in [0.717, 1.165) is 15.0 Å². The molecule has 0 unspecified atom stereocenters. The molecule has 0 amide bonds. The Morgan fingerprint density at radius 2 is 2.05 bits per heavy atom. The Morgan fingerprint density at radius 1 is 1.33 bits per heavy atom. The minimum Gasteiger partial charge on any atom is -0.548 e. The van der Waals surface area contributed by atoms with Crippen LogP contribution < -0.4 is 10.7 Å². The fraction of sp³-hybridized carbons (Fsp3) is 0.133. The lowest BCUT2D eigenvalue weighted by Crippen LogP contribution is -2.34. The van der Waals surface area contributed by atoms with Crippen LogP contribution >= 0.6 is 11.3 Å². The summed E-state index contributed by atoms with van der Waals surface area (Å²) in [6, 6.07) is 11.4. The van der Waals surface area contributed by atoms with E-state index in [-0.39, 0.29) is 5.56 Å². The molecule has 6 heteroatoms. The molecule has 0 radical (unpaired) electrons. The predicted octanol–water partition coefficient (Wildman–Crippen LogP) is 1.18. The van der Waals surface area contributed by atoms with E-state index in [9.17, 15) is 14.7 Å². The molecule has 0 aliphatic carbocycles. The smallest absolute Gasteiger partial charge is 0.262 e. The first-order chi connectivity index (χ1) is 10.1. The second kappa shape index (κ2) is 5.14. The van der Waals surface area contributed by atoms with Gasteiger partial charge in [-0.3, -0.25) is 9.36 Å². The number of carbonyl (C=O) groups is 1. The molecule has 0 spiro atoms. The molecule has 106 valence electrons. The van der Waals surface area contributed by atoms with E-state index in [1.54, 1.807) is 13.0 Å². The van der Waals surface area contributed by atoms with Gasteiger partial charge in [0.15, 0.2) is 0 Å². The van der Waals surface area contributed by atoms with Crippen molar-refractivity contribution in [2.75, 3.05) is 0 Å². The summed E-state index contributed by atoms with van der Waals surface area (Å²) in [5.41, 5.74) is 0.657. The van der Waals surface area contributed by atoms with Crippen LogP contribution in [0.5, 0.6) is 0 Å². The van der Waals surface area contributed by atoms with E-state index in [1.807, 2.05) is 30.3 Å². The third kappa shape index (κ3) is 2.45. The van der Waals surface area contributed by atoms with E-state index >= 15 is 0 Å². The van der Waals surface area contributed by atoms with Gasteiger partial charge in [-0.15, -0.1) is 11.3 Å². The second-order valence-corrected chi connectivity index (χ2v) is 5.65. The standard InChI is InChI=1S/C15H12N2O3S/c1-9-16-14-11(15(20)17(9)8-13(18)19)7-12(21-14)10-5-3-2-4-6-10/h2-7H,8H2,1H3,(H,18,19)/p-1. The number of benzene rings is 1. The summed E-state index contributed by atoms with van der Waals surface area (Å²) in [6.07, 6.45) is 0. The van der Waals surface area contributed by atoms with Gasteiger partial charge in [0.25, 0.3) is 5.56 Å². The van der Waals surface area contributed by atoms with Crippen LogP contribution in [0.2, 0.25) is 0 Å². The number of hydrogen-bond acceptors (Lipinski definition) is 5. The van der Waals surface area contributed by atoms with Gasteiger partial charge in [0.1, 0.15) is 10.7 Å². The summed E-state index contributed by atoms with van der Waals surface area (Å²) in [5, 5.41) is 11.2. The topological polar surface area (TPSA) is 75.0 Å². The second-order valence-electron chi connectivity index (χ2n) is 4.62. The zero-order chi connectivity index (χ0) is 15.0. The number of carbonyl (C=O) groups excluding carboxylic acids is 1. The molecule has 0 saturated heterocycles. The summed E-state index contributed by atoms with van der Waals surface area (Å²) in [4.78, 5) is 29.0. The number of rotatable bonds is 3. The summed E-state index contributed by atoms with van der Waals surface area (Å²) in [6.45, 7) is 1.13. The van der Waals surface area contributed by atoms with E-state index in [4.69, 9.17) is 0 Å². The van der Waals surface area contributed by atoms with E-state index < -0.39 is 12.5 Å². The fourth-order valence-corrected chi connectivity index (χ4v) is 3.25. The summed E-state index contributed by atoms with van der Waals surface area (Å²) >= 11 is 1.42. The maximum Gasteiger partial charge on any atom is 0.262 e. The van der Waals surface area contributed by atoms with Gasteiger partial charge in [0, 0.05) is 4.88 Å². The summed E-state index contributed by atoms with van der Waals surface area (Å²) in [7, 11) is 0. The average Bonchev–Trinajstić information content (AvgIpc) is 2.88. The highest BCUT2D eigenvalue weighted by molar-refractivity contribution is 7.21. The average molecular weight is 299 g/mol. The molecule has 5 nitrogen and oxygen atoms in total. The Labute approximate surface area is 124 Å². The number of aromatic nitrogens is 2. The molecule has 0 fully saturated rings. The molecule has 3 rings (SSSR count). The lowest BCUT2D eigenvalue weighted by atomic mass is 10.2. The first kappa shape index (κ1) is 13.5. The van der Waals surface area contributed by atoms with Crippen molar-refractivity contribution in [3.63, 3.8) is 0 Å². The lowest BCUT2D eigenvalue weighted by Gasteiger charge is -2.09. The molecule has 1 aromatic carbocycles. The van der Waals surface area contributed by atoms with Crippen LogP contribution in [0.4, 0.5) is 0 Å². The molecule has 0 aliphatic heterocycles. The van der Waals surface area contributed by atoms with E-state index in [2.05, 4.69) is 4.98 Å². The van der Waals surface area contributed by atoms with Crippen LogP contribution in [0, 0.1) is 6.92 Å². The number of fused-ring (bicyclic) bond motifs is 1. The van der Waals surface area contributed by atoms with Crippen LogP contribution in [0.25, 0.3) is 20.7 Å². The van der Waals surface area contributed by atoms with Crippen molar-refractivity contribution in [3.8, 4) is 10.4 Å². The largest absolute Gasteiger partial charge is 0.548 e. The molecule has 0 saturated carbocycles. The van der Waals surface area contributed by atoms with Crippen molar-refractivity contribution in [3.05, 3.63) is 52.6 Å². The summed E-state index contributed by atoms with van der Waals surface area (Å²) < 4.78 is 1.12. The number of carboxylic acids is 1. The van der Waals surface area contributed by atoms with Crippen molar-refractivity contribution in [1.29, 1.82) is 0 Å². The minimum absolute atomic E-state index is 0.347. The van der Waals surface area contributed by atoms with Gasteiger partial charge in [-0.1, -0.05) is 30.3 Å². The number of hydrogen-bond donors (Lipinski definition) is 0. The van der Waals surface area contributed by atoms with Gasteiger partial charge < -0.3 is 9.90 Å². The normalized spacial score (nSPS) is 10.9. The number of nitrogens with zero attached hydrogens (tertiary/aromatic N) is 2. The Kier molecular flexibility index (Phi) is 3.31. The Morgan fingerprint density at radius 3 is 2.71 bits per heavy atom. The van der Waals surface area contributed by atoms with Gasteiger partial charge in [-0.05, 0) is 18.6 Å². The van der Waals surface area contributed by atoms with Gasteiger partial charge in [0.05, 0.1) is 17.9 Å². The van der Waals surface area contributed by atoms with Gasteiger partial charge in [-0.25, -0.2) is 4.98 Å². The number of thiophene rings is 1. The first-order valence-electron chi connectivity index (χ1n) is 6.32. The number of aliphatic carboxylic acids is 1. The quantitative estimate of drug-likeness (QED) is 0.728. The first-order valence-corrected chi connectivity index (χ1v) is 7.14. The van der Waals surface area contributed by atoms with Crippen molar-refractivity contribution in [2.24, 2.45) is 0 Å². The monoisotopic (exact) mass is 299 g/mol. The number of carboxylic acid groups (broad SMARTS) is 1. The number of aryl methyl sites for hydroxylation is 1. The van der Waals surface area contributed by atoms with Gasteiger partial charge in [0.2, 0.25) is 0 Å². The Hall–Kier alpha value is -2.47.